The van der Waals surface area contributed by atoms with Gasteiger partial charge in [0.05, 0.1) is 6.04 Å². The van der Waals surface area contributed by atoms with Crippen molar-refractivity contribution in [3.63, 3.8) is 0 Å². The van der Waals surface area contributed by atoms with Crippen molar-refractivity contribution in [2.24, 2.45) is 5.92 Å². The molecule has 1 heterocycles. The van der Waals surface area contributed by atoms with Gasteiger partial charge in [-0.05, 0) is 65.1 Å². The maximum absolute atomic E-state index is 12.8. The van der Waals surface area contributed by atoms with Gasteiger partial charge in [-0.25, -0.2) is 4.79 Å². The topological polar surface area (TPSA) is 78.5 Å². The molecule has 1 atom stereocenters. The van der Waals surface area contributed by atoms with Crippen LogP contribution in [0, 0.1) is 19.8 Å². The van der Waals surface area contributed by atoms with E-state index in [4.69, 9.17) is 0 Å². The number of piperidine rings is 1. The van der Waals surface area contributed by atoms with Crippen LogP contribution in [-0.2, 0) is 4.79 Å². The molecule has 1 saturated heterocycles. The molecule has 146 valence electrons. The van der Waals surface area contributed by atoms with Gasteiger partial charge in [-0.2, -0.15) is 0 Å². The highest BCUT2D eigenvalue weighted by Gasteiger charge is 2.31. The smallest absolute Gasteiger partial charge is 0.321 e. The third kappa shape index (κ3) is 4.95. The van der Waals surface area contributed by atoms with Crippen molar-refractivity contribution in [1.82, 2.24) is 15.5 Å². The monoisotopic (exact) mass is 371 g/mol. The van der Waals surface area contributed by atoms with E-state index in [1.54, 1.807) is 0 Å². The number of imide groups is 1. The Kier molecular flexibility index (Phi) is 5.95. The van der Waals surface area contributed by atoms with Crippen molar-refractivity contribution in [3.05, 3.63) is 34.9 Å². The predicted octanol–water partition coefficient (Wildman–Crippen LogP) is 2.57. The lowest BCUT2D eigenvalue weighted by molar-refractivity contribution is -0.125. The minimum Gasteiger partial charge on any atom is -0.335 e. The molecular formula is C21H29N3O3. The summed E-state index contributed by atoms with van der Waals surface area (Å²) < 4.78 is 0. The van der Waals surface area contributed by atoms with Crippen molar-refractivity contribution in [2.45, 2.75) is 58.5 Å². The van der Waals surface area contributed by atoms with Gasteiger partial charge in [0.1, 0.15) is 0 Å². The maximum Gasteiger partial charge on any atom is 0.321 e. The predicted molar refractivity (Wildman–Crippen MR) is 104 cm³/mol. The fraction of sp³-hybridized carbons (Fsp3) is 0.571. The molecule has 3 rings (SSSR count). The minimum atomic E-state index is -0.408. The van der Waals surface area contributed by atoms with E-state index in [2.05, 4.69) is 10.6 Å². The first-order chi connectivity index (χ1) is 12.8. The quantitative estimate of drug-likeness (QED) is 0.780. The highest BCUT2D eigenvalue weighted by Crippen LogP contribution is 2.25. The van der Waals surface area contributed by atoms with Crippen LogP contribution in [-0.4, -0.2) is 47.8 Å². The average Bonchev–Trinajstić information content (AvgIpc) is 3.44. The third-order valence-electron chi connectivity index (χ3n) is 5.62. The Labute approximate surface area is 160 Å². The van der Waals surface area contributed by atoms with E-state index in [0.717, 1.165) is 42.4 Å². The van der Waals surface area contributed by atoms with Gasteiger partial charge in [0, 0.05) is 17.5 Å². The molecule has 0 bridgehead atoms. The average molecular weight is 371 g/mol. The molecule has 6 heteroatoms. The fourth-order valence-corrected chi connectivity index (χ4v) is 3.69. The molecular weight excluding hydrogens is 342 g/mol. The number of rotatable bonds is 5. The van der Waals surface area contributed by atoms with E-state index < -0.39 is 6.03 Å². The zero-order valence-electron chi connectivity index (χ0n) is 16.4. The first-order valence-corrected chi connectivity index (χ1v) is 9.82. The fourth-order valence-electron chi connectivity index (χ4n) is 3.69. The number of likely N-dealkylation sites (tertiary alicyclic amines) is 1. The first-order valence-electron chi connectivity index (χ1n) is 9.82. The Morgan fingerprint density at radius 2 is 1.74 bits per heavy atom. The summed E-state index contributed by atoms with van der Waals surface area (Å²) in [5.74, 6) is -0.0866. The van der Waals surface area contributed by atoms with E-state index in [0.29, 0.717) is 13.1 Å². The normalized spacial score (nSPS) is 19.4. The van der Waals surface area contributed by atoms with E-state index >= 15 is 0 Å². The number of hydrogen-bond donors (Lipinski definition) is 2. The molecule has 2 N–H and O–H groups in total. The molecule has 0 unspecified atom stereocenters. The summed E-state index contributed by atoms with van der Waals surface area (Å²) in [6, 6.07) is 5.38. The summed E-state index contributed by atoms with van der Waals surface area (Å²) in [6.45, 7) is 7.18. The molecule has 1 aliphatic carbocycles. The van der Waals surface area contributed by atoms with Gasteiger partial charge < -0.3 is 5.32 Å². The Morgan fingerprint density at radius 3 is 2.33 bits per heavy atom. The van der Waals surface area contributed by atoms with E-state index in [-0.39, 0.29) is 29.7 Å². The number of Topliss-reactive ketones (excluding diaryl/α,β-unsaturated/α-hetero) is 1. The number of amides is 3. The number of carbonyl (C=O) groups is 3. The second kappa shape index (κ2) is 8.21. The minimum absolute atomic E-state index is 0.00363. The number of carbonyl (C=O) groups excluding carboxylic acids is 3. The van der Waals surface area contributed by atoms with Crippen molar-refractivity contribution in [3.8, 4) is 0 Å². The molecule has 2 fully saturated rings. The highest BCUT2D eigenvalue weighted by atomic mass is 16.2. The summed E-state index contributed by atoms with van der Waals surface area (Å²) in [5.41, 5.74) is 2.99. The highest BCUT2D eigenvalue weighted by molar-refractivity contribution is 5.99. The Bertz CT molecular complexity index is 734. The van der Waals surface area contributed by atoms with Gasteiger partial charge in [-0.3, -0.25) is 19.8 Å². The van der Waals surface area contributed by atoms with Crippen LogP contribution in [0.3, 0.4) is 0 Å². The van der Waals surface area contributed by atoms with Crippen LogP contribution in [0.5, 0.6) is 0 Å². The van der Waals surface area contributed by atoms with Crippen LogP contribution in [0.4, 0.5) is 4.79 Å². The molecule has 3 amide bonds. The molecule has 0 radical (unpaired) electrons. The Hall–Kier alpha value is -2.21. The van der Waals surface area contributed by atoms with Gasteiger partial charge >= 0.3 is 6.03 Å². The van der Waals surface area contributed by atoms with Crippen LogP contribution < -0.4 is 10.6 Å². The molecule has 1 saturated carbocycles. The number of benzene rings is 1. The lowest BCUT2D eigenvalue weighted by atomic mass is 9.86. The molecule has 1 aromatic carbocycles. The molecule has 2 aliphatic rings. The second-order valence-electron chi connectivity index (χ2n) is 7.91. The summed E-state index contributed by atoms with van der Waals surface area (Å²) in [6.07, 6.45) is 3.44. The zero-order chi connectivity index (χ0) is 19.6. The number of nitrogens with one attached hydrogen (secondary N) is 2. The number of aryl methyl sites for hydroxylation is 2. The summed E-state index contributed by atoms with van der Waals surface area (Å²) in [4.78, 5) is 38.9. The second-order valence-corrected chi connectivity index (χ2v) is 7.91. The van der Waals surface area contributed by atoms with Crippen LogP contribution in [0.1, 0.15) is 54.1 Å². The lowest BCUT2D eigenvalue weighted by Gasteiger charge is -2.34. The van der Waals surface area contributed by atoms with Crippen molar-refractivity contribution in [1.29, 1.82) is 0 Å². The number of urea groups is 1. The molecule has 0 aromatic heterocycles. The molecule has 6 nitrogen and oxygen atoms in total. The standard InChI is InChI=1S/C21H29N3O3/c1-13-4-7-18(14(2)12-13)19(25)16-8-10-24(11-9-16)15(3)20(26)23-21(27)22-17-5-6-17/h4,7,12,15-17H,5-6,8-11H2,1-3H3,(H2,22,23,26,27)/t15-/m1/s1. The molecule has 27 heavy (non-hydrogen) atoms. The number of ketones is 1. The number of nitrogens with zero attached hydrogens (tertiary/aromatic N) is 1. The van der Waals surface area contributed by atoms with E-state index in [1.807, 2.05) is 43.9 Å². The molecule has 1 aromatic rings. The van der Waals surface area contributed by atoms with Crippen LogP contribution in [0.15, 0.2) is 18.2 Å². The maximum atomic E-state index is 12.8. The van der Waals surface area contributed by atoms with Crippen LogP contribution >= 0.6 is 0 Å². The van der Waals surface area contributed by atoms with Gasteiger partial charge in [-0.15, -0.1) is 0 Å². The first kappa shape index (κ1) is 19.5. The van der Waals surface area contributed by atoms with Crippen molar-refractivity contribution >= 4 is 17.7 Å². The van der Waals surface area contributed by atoms with Crippen molar-refractivity contribution in [2.75, 3.05) is 13.1 Å². The van der Waals surface area contributed by atoms with Gasteiger partial charge in [0.2, 0.25) is 5.91 Å². The van der Waals surface area contributed by atoms with E-state index in [1.165, 1.54) is 0 Å². The molecule has 1 aliphatic heterocycles. The SMILES string of the molecule is Cc1ccc(C(=O)C2CCN([C@H](C)C(=O)NC(=O)NC3CC3)CC2)c(C)c1. The van der Waals surface area contributed by atoms with Gasteiger partial charge in [0.25, 0.3) is 0 Å². The van der Waals surface area contributed by atoms with Crippen molar-refractivity contribution < 1.29 is 14.4 Å². The van der Waals surface area contributed by atoms with Crippen LogP contribution in [0.25, 0.3) is 0 Å². The van der Waals surface area contributed by atoms with E-state index in [9.17, 15) is 14.4 Å². The molecule has 0 spiro atoms. The van der Waals surface area contributed by atoms with Gasteiger partial charge in [-0.1, -0.05) is 23.8 Å². The Balaban J connectivity index is 1.50. The Morgan fingerprint density at radius 1 is 1.07 bits per heavy atom. The van der Waals surface area contributed by atoms with Gasteiger partial charge in [0.15, 0.2) is 5.78 Å². The third-order valence-corrected chi connectivity index (χ3v) is 5.62. The lowest BCUT2D eigenvalue weighted by Crippen LogP contribution is -2.52. The largest absolute Gasteiger partial charge is 0.335 e. The summed E-state index contributed by atoms with van der Waals surface area (Å²) >= 11 is 0. The zero-order valence-corrected chi connectivity index (χ0v) is 16.4. The summed E-state index contributed by atoms with van der Waals surface area (Å²) in [7, 11) is 0. The number of hydrogen-bond acceptors (Lipinski definition) is 4. The van der Waals surface area contributed by atoms with Crippen LogP contribution in [0.2, 0.25) is 0 Å². The summed E-state index contributed by atoms with van der Waals surface area (Å²) in [5, 5.41) is 5.18.